The summed E-state index contributed by atoms with van der Waals surface area (Å²) < 4.78 is 0. The first kappa shape index (κ1) is 11.6. The number of nitrogens with zero attached hydrogens (tertiary/aromatic N) is 1. The van der Waals surface area contributed by atoms with Crippen LogP contribution in [0.4, 0.5) is 0 Å². The summed E-state index contributed by atoms with van der Waals surface area (Å²) in [6.07, 6.45) is 0. The van der Waals surface area contributed by atoms with Crippen molar-refractivity contribution < 1.29 is 14.7 Å². The topological polar surface area (TPSA) is 79.3 Å². The molecule has 6 heteroatoms. The average Bonchev–Trinajstić information content (AvgIpc) is 2.66. The Morgan fingerprint density at radius 1 is 1.60 bits per heavy atom. The molecule has 0 spiro atoms. The Bertz CT molecular complexity index is 359. The van der Waals surface area contributed by atoms with Gasteiger partial charge in [0.15, 0.2) is 0 Å². The summed E-state index contributed by atoms with van der Waals surface area (Å²) in [6.45, 7) is 3.19. The van der Waals surface area contributed by atoms with Gasteiger partial charge in [0, 0.05) is 11.9 Å². The van der Waals surface area contributed by atoms with E-state index in [9.17, 15) is 9.59 Å². The molecule has 1 amide bonds. The van der Waals surface area contributed by atoms with Crippen molar-refractivity contribution in [2.45, 2.75) is 13.8 Å². The van der Waals surface area contributed by atoms with Gasteiger partial charge in [0.25, 0.3) is 5.91 Å². The average molecular weight is 228 g/mol. The number of aliphatic carboxylic acids is 1. The second-order valence-corrected chi connectivity index (χ2v) is 4.46. The van der Waals surface area contributed by atoms with Gasteiger partial charge in [0.05, 0.1) is 10.9 Å². The number of carbonyl (C=O) groups is 2. The number of carboxylic acid groups (broad SMARTS) is 1. The largest absolute Gasteiger partial charge is 0.481 e. The SMILES string of the molecule is CC(C)(CNC(=O)c1cscn1)C(=O)O. The highest BCUT2D eigenvalue weighted by Crippen LogP contribution is 2.13. The summed E-state index contributed by atoms with van der Waals surface area (Å²) in [4.78, 5) is 26.0. The van der Waals surface area contributed by atoms with Crippen molar-refractivity contribution in [1.82, 2.24) is 10.3 Å². The molecule has 0 aliphatic heterocycles. The monoisotopic (exact) mass is 228 g/mol. The van der Waals surface area contributed by atoms with Crippen LogP contribution in [-0.2, 0) is 4.79 Å². The van der Waals surface area contributed by atoms with Crippen LogP contribution >= 0.6 is 11.3 Å². The van der Waals surface area contributed by atoms with E-state index in [-0.39, 0.29) is 12.5 Å². The normalized spacial score (nSPS) is 11.1. The van der Waals surface area contributed by atoms with Gasteiger partial charge in [-0.25, -0.2) is 4.98 Å². The molecule has 0 bridgehead atoms. The number of rotatable bonds is 4. The summed E-state index contributed by atoms with van der Waals surface area (Å²) >= 11 is 1.32. The quantitative estimate of drug-likeness (QED) is 0.805. The van der Waals surface area contributed by atoms with Gasteiger partial charge >= 0.3 is 5.97 Å². The molecule has 1 aromatic heterocycles. The maximum absolute atomic E-state index is 11.4. The molecule has 2 N–H and O–H groups in total. The Labute approximate surface area is 91.1 Å². The third-order valence-corrected chi connectivity index (χ3v) is 2.52. The Hall–Kier alpha value is -1.43. The van der Waals surface area contributed by atoms with Gasteiger partial charge in [-0.1, -0.05) is 0 Å². The third kappa shape index (κ3) is 3.02. The number of aromatic nitrogens is 1. The minimum Gasteiger partial charge on any atom is -0.481 e. The molecule has 0 fully saturated rings. The molecule has 0 saturated carbocycles. The zero-order chi connectivity index (χ0) is 11.5. The van der Waals surface area contributed by atoms with Crippen LogP contribution < -0.4 is 5.32 Å². The first-order chi connectivity index (χ1) is 6.93. The molecule has 1 rings (SSSR count). The zero-order valence-corrected chi connectivity index (χ0v) is 9.30. The van der Waals surface area contributed by atoms with E-state index in [1.54, 1.807) is 24.7 Å². The molecule has 15 heavy (non-hydrogen) atoms. The van der Waals surface area contributed by atoms with Crippen LogP contribution in [-0.4, -0.2) is 28.5 Å². The van der Waals surface area contributed by atoms with E-state index in [1.807, 2.05) is 0 Å². The molecule has 1 heterocycles. The number of amides is 1. The standard InChI is InChI=1S/C9H12N2O3S/c1-9(2,8(13)14)4-10-7(12)6-3-15-5-11-6/h3,5H,4H2,1-2H3,(H,10,12)(H,13,14). The molecular formula is C9H12N2O3S. The summed E-state index contributed by atoms with van der Waals surface area (Å²) in [7, 11) is 0. The van der Waals surface area contributed by atoms with Crippen molar-refractivity contribution in [3.8, 4) is 0 Å². The van der Waals surface area contributed by atoms with Crippen LogP contribution in [0.1, 0.15) is 24.3 Å². The maximum Gasteiger partial charge on any atom is 0.310 e. The lowest BCUT2D eigenvalue weighted by Gasteiger charge is -2.18. The van der Waals surface area contributed by atoms with E-state index < -0.39 is 11.4 Å². The smallest absolute Gasteiger partial charge is 0.310 e. The Balaban J connectivity index is 2.51. The second-order valence-electron chi connectivity index (χ2n) is 3.75. The fraction of sp³-hybridized carbons (Fsp3) is 0.444. The summed E-state index contributed by atoms with van der Waals surface area (Å²) in [6, 6.07) is 0. The molecule has 5 nitrogen and oxygen atoms in total. The molecule has 0 aliphatic rings. The van der Waals surface area contributed by atoms with Gasteiger partial charge < -0.3 is 10.4 Å². The first-order valence-corrected chi connectivity index (χ1v) is 5.27. The molecule has 0 saturated heterocycles. The number of nitrogens with one attached hydrogen (secondary N) is 1. The van der Waals surface area contributed by atoms with E-state index in [2.05, 4.69) is 10.3 Å². The summed E-state index contributed by atoms with van der Waals surface area (Å²) in [5.74, 6) is -1.29. The molecule has 82 valence electrons. The third-order valence-electron chi connectivity index (χ3n) is 1.93. The molecule has 1 aromatic rings. The van der Waals surface area contributed by atoms with Crippen molar-refractivity contribution >= 4 is 23.2 Å². The molecule has 0 unspecified atom stereocenters. The molecule has 0 aliphatic carbocycles. The van der Waals surface area contributed by atoms with E-state index >= 15 is 0 Å². The van der Waals surface area contributed by atoms with Crippen molar-refractivity contribution in [2.75, 3.05) is 6.54 Å². The first-order valence-electron chi connectivity index (χ1n) is 4.33. The Kier molecular flexibility index (Phi) is 3.41. The molecule has 0 aromatic carbocycles. The molecule has 0 atom stereocenters. The number of carbonyl (C=O) groups excluding carboxylic acids is 1. The Morgan fingerprint density at radius 3 is 2.73 bits per heavy atom. The van der Waals surface area contributed by atoms with Crippen LogP contribution in [0.3, 0.4) is 0 Å². The number of hydrogen-bond acceptors (Lipinski definition) is 4. The fourth-order valence-electron chi connectivity index (χ4n) is 0.792. The number of hydrogen-bond donors (Lipinski definition) is 2. The minimum absolute atomic E-state index is 0.0820. The van der Waals surface area contributed by atoms with Gasteiger partial charge in [0.1, 0.15) is 5.69 Å². The van der Waals surface area contributed by atoms with E-state index in [0.29, 0.717) is 5.69 Å². The zero-order valence-electron chi connectivity index (χ0n) is 8.48. The Morgan fingerprint density at radius 2 is 2.27 bits per heavy atom. The van der Waals surface area contributed by atoms with Crippen molar-refractivity contribution in [1.29, 1.82) is 0 Å². The van der Waals surface area contributed by atoms with E-state index in [0.717, 1.165) is 0 Å². The fourth-order valence-corrected chi connectivity index (χ4v) is 1.32. The number of carboxylic acids is 1. The highest BCUT2D eigenvalue weighted by Gasteiger charge is 2.27. The van der Waals surface area contributed by atoms with Crippen molar-refractivity contribution in [3.05, 3.63) is 16.6 Å². The lowest BCUT2D eigenvalue weighted by molar-refractivity contribution is -0.146. The predicted molar refractivity (Wildman–Crippen MR) is 55.9 cm³/mol. The lowest BCUT2D eigenvalue weighted by Crippen LogP contribution is -2.38. The second kappa shape index (κ2) is 4.39. The molecule has 0 radical (unpaired) electrons. The van der Waals surface area contributed by atoms with E-state index in [4.69, 9.17) is 5.11 Å². The van der Waals surface area contributed by atoms with Gasteiger partial charge in [-0.3, -0.25) is 9.59 Å². The highest BCUT2D eigenvalue weighted by molar-refractivity contribution is 7.07. The van der Waals surface area contributed by atoms with Crippen LogP contribution in [0, 0.1) is 5.41 Å². The maximum atomic E-state index is 11.4. The van der Waals surface area contributed by atoms with Crippen LogP contribution in [0.15, 0.2) is 10.9 Å². The van der Waals surface area contributed by atoms with Crippen LogP contribution in [0.25, 0.3) is 0 Å². The minimum atomic E-state index is -0.967. The predicted octanol–water partition coefficient (Wildman–Crippen LogP) is 0.984. The van der Waals surface area contributed by atoms with Crippen molar-refractivity contribution in [2.24, 2.45) is 5.41 Å². The van der Waals surface area contributed by atoms with Gasteiger partial charge in [-0.2, -0.15) is 0 Å². The lowest BCUT2D eigenvalue weighted by atomic mass is 9.94. The van der Waals surface area contributed by atoms with Gasteiger partial charge in [-0.15, -0.1) is 11.3 Å². The highest BCUT2D eigenvalue weighted by atomic mass is 32.1. The molecular weight excluding hydrogens is 216 g/mol. The van der Waals surface area contributed by atoms with Gasteiger partial charge in [0.2, 0.25) is 0 Å². The van der Waals surface area contributed by atoms with Crippen LogP contribution in [0.2, 0.25) is 0 Å². The van der Waals surface area contributed by atoms with Gasteiger partial charge in [-0.05, 0) is 13.8 Å². The van der Waals surface area contributed by atoms with Crippen molar-refractivity contribution in [3.63, 3.8) is 0 Å². The number of thiazole rings is 1. The summed E-state index contributed by atoms with van der Waals surface area (Å²) in [5.41, 5.74) is 0.907. The summed E-state index contributed by atoms with van der Waals surface area (Å²) in [5, 5.41) is 13.0. The van der Waals surface area contributed by atoms with E-state index in [1.165, 1.54) is 11.3 Å². The van der Waals surface area contributed by atoms with Crippen LogP contribution in [0.5, 0.6) is 0 Å².